The van der Waals surface area contributed by atoms with E-state index in [1.807, 2.05) is 19.1 Å². The van der Waals surface area contributed by atoms with Crippen molar-refractivity contribution in [3.8, 4) is 0 Å². The van der Waals surface area contributed by atoms with Crippen LogP contribution in [0.5, 0.6) is 0 Å². The molecule has 0 aliphatic carbocycles. The van der Waals surface area contributed by atoms with Gasteiger partial charge in [-0.15, -0.1) is 0 Å². The molecule has 1 aromatic heterocycles. The lowest BCUT2D eigenvalue weighted by molar-refractivity contribution is -0.122. The Morgan fingerprint density at radius 3 is 2.80 bits per heavy atom. The van der Waals surface area contributed by atoms with Gasteiger partial charge in [-0.3, -0.25) is 4.79 Å². The third-order valence-electron chi connectivity index (χ3n) is 3.55. The molecule has 0 radical (unpaired) electrons. The number of carbonyl (C=O) groups excluding carboxylic acids is 1. The summed E-state index contributed by atoms with van der Waals surface area (Å²) in [6.07, 6.45) is 7.25. The number of hydrogen-bond acceptors (Lipinski definition) is 3. The summed E-state index contributed by atoms with van der Waals surface area (Å²) in [5.74, 6) is 1.61. The molecule has 0 aliphatic rings. The van der Waals surface area contributed by atoms with Gasteiger partial charge in [0.15, 0.2) is 0 Å². The average molecular weight is 280 g/mol. The van der Waals surface area contributed by atoms with Crippen molar-refractivity contribution in [2.75, 3.05) is 6.54 Å². The minimum Gasteiger partial charge on any atom is -0.469 e. The first-order chi connectivity index (χ1) is 9.65. The van der Waals surface area contributed by atoms with Crippen molar-refractivity contribution in [3.63, 3.8) is 0 Å². The van der Waals surface area contributed by atoms with Gasteiger partial charge in [-0.2, -0.15) is 0 Å². The zero-order valence-electron chi connectivity index (χ0n) is 12.7. The van der Waals surface area contributed by atoms with Gasteiger partial charge in [-0.25, -0.2) is 0 Å². The molecule has 1 heterocycles. The number of amides is 1. The van der Waals surface area contributed by atoms with Gasteiger partial charge in [0.1, 0.15) is 5.76 Å². The van der Waals surface area contributed by atoms with Crippen LogP contribution >= 0.6 is 0 Å². The molecule has 2 unspecified atom stereocenters. The second-order valence-corrected chi connectivity index (χ2v) is 5.52. The molecule has 0 aliphatic heterocycles. The highest BCUT2D eigenvalue weighted by Crippen LogP contribution is 2.17. The quantitative estimate of drug-likeness (QED) is 0.692. The molecule has 114 valence electrons. The molecule has 4 nitrogen and oxygen atoms in total. The van der Waals surface area contributed by atoms with Crippen LogP contribution in [0, 0.1) is 5.92 Å². The summed E-state index contributed by atoms with van der Waals surface area (Å²) in [4.78, 5) is 11.9. The standard InChI is InChI=1S/C16H28N2O2/c1-3-5-14(9-10-17)7-8-16(19)18-13(2)12-15-6-4-11-20-15/h4,6,11,13-14H,3,5,7-10,12,17H2,1-2H3,(H,18,19). The Morgan fingerprint density at radius 1 is 1.40 bits per heavy atom. The van der Waals surface area contributed by atoms with E-state index in [-0.39, 0.29) is 11.9 Å². The molecule has 3 N–H and O–H groups in total. The van der Waals surface area contributed by atoms with E-state index in [0.29, 0.717) is 18.9 Å². The summed E-state index contributed by atoms with van der Waals surface area (Å²) < 4.78 is 5.28. The van der Waals surface area contributed by atoms with Gasteiger partial charge in [-0.05, 0) is 44.4 Å². The Bertz CT molecular complexity index is 357. The lowest BCUT2D eigenvalue weighted by atomic mass is 9.94. The zero-order chi connectivity index (χ0) is 14.8. The van der Waals surface area contributed by atoms with Gasteiger partial charge in [0.2, 0.25) is 5.91 Å². The van der Waals surface area contributed by atoms with Crippen molar-refractivity contribution < 1.29 is 9.21 Å². The monoisotopic (exact) mass is 280 g/mol. The van der Waals surface area contributed by atoms with Gasteiger partial charge in [0, 0.05) is 18.9 Å². The van der Waals surface area contributed by atoms with Gasteiger partial charge >= 0.3 is 0 Å². The van der Waals surface area contributed by atoms with E-state index in [0.717, 1.165) is 37.9 Å². The van der Waals surface area contributed by atoms with E-state index in [4.69, 9.17) is 10.2 Å². The van der Waals surface area contributed by atoms with E-state index >= 15 is 0 Å². The fraction of sp³-hybridized carbons (Fsp3) is 0.688. The van der Waals surface area contributed by atoms with Crippen molar-refractivity contribution in [1.29, 1.82) is 0 Å². The Hall–Kier alpha value is -1.29. The number of carbonyl (C=O) groups is 1. The van der Waals surface area contributed by atoms with Crippen molar-refractivity contribution in [1.82, 2.24) is 5.32 Å². The van der Waals surface area contributed by atoms with Gasteiger partial charge in [-0.1, -0.05) is 19.8 Å². The normalized spacial score (nSPS) is 13.9. The summed E-state index contributed by atoms with van der Waals surface area (Å²) in [7, 11) is 0. The molecule has 4 heteroatoms. The lowest BCUT2D eigenvalue weighted by Crippen LogP contribution is -2.34. The molecule has 2 atom stereocenters. The summed E-state index contributed by atoms with van der Waals surface area (Å²) in [6.45, 7) is 4.89. The number of nitrogens with two attached hydrogens (primary N) is 1. The number of rotatable bonds is 10. The van der Waals surface area contributed by atoms with Crippen molar-refractivity contribution in [3.05, 3.63) is 24.2 Å². The molecule has 0 aromatic carbocycles. The zero-order valence-corrected chi connectivity index (χ0v) is 12.7. The topological polar surface area (TPSA) is 68.3 Å². The second-order valence-electron chi connectivity index (χ2n) is 5.52. The van der Waals surface area contributed by atoms with Gasteiger partial charge in [0.05, 0.1) is 6.26 Å². The summed E-state index contributed by atoms with van der Waals surface area (Å²) >= 11 is 0. The summed E-state index contributed by atoms with van der Waals surface area (Å²) in [5.41, 5.74) is 5.61. The molecular weight excluding hydrogens is 252 g/mol. The van der Waals surface area contributed by atoms with Crippen LogP contribution in [-0.4, -0.2) is 18.5 Å². The molecule has 1 aromatic rings. The predicted molar refractivity (Wildman–Crippen MR) is 81.3 cm³/mol. The van der Waals surface area contributed by atoms with Crippen LogP contribution in [-0.2, 0) is 11.2 Å². The smallest absolute Gasteiger partial charge is 0.220 e. The maximum absolute atomic E-state index is 11.9. The van der Waals surface area contributed by atoms with Crippen LogP contribution in [0.2, 0.25) is 0 Å². The lowest BCUT2D eigenvalue weighted by Gasteiger charge is -2.16. The SMILES string of the molecule is CCCC(CCN)CCC(=O)NC(C)Cc1ccco1. The highest BCUT2D eigenvalue weighted by Gasteiger charge is 2.12. The van der Waals surface area contributed by atoms with Gasteiger partial charge in [0.25, 0.3) is 0 Å². The fourth-order valence-corrected chi connectivity index (χ4v) is 2.54. The van der Waals surface area contributed by atoms with Gasteiger partial charge < -0.3 is 15.5 Å². The third-order valence-corrected chi connectivity index (χ3v) is 3.55. The number of furan rings is 1. The maximum atomic E-state index is 11.9. The highest BCUT2D eigenvalue weighted by molar-refractivity contribution is 5.76. The Morgan fingerprint density at radius 2 is 2.20 bits per heavy atom. The van der Waals surface area contributed by atoms with E-state index in [2.05, 4.69) is 12.2 Å². The van der Waals surface area contributed by atoms with Crippen molar-refractivity contribution >= 4 is 5.91 Å². The minimum absolute atomic E-state index is 0.104. The first kappa shape index (κ1) is 16.8. The molecule has 0 saturated heterocycles. The second kappa shape index (κ2) is 9.59. The van der Waals surface area contributed by atoms with Crippen LogP contribution in [0.4, 0.5) is 0 Å². The first-order valence-electron chi connectivity index (χ1n) is 7.67. The minimum atomic E-state index is 0.104. The first-order valence-corrected chi connectivity index (χ1v) is 7.67. The Kier molecular flexibility index (Phi) is 8.04. The van der Waals surface area contributed by atoms with Crippen LogP contribution in [0.1, 0.15) is 51.7 Å². The largest absolute Gasteiger partial charge is 0.469 e. The Labute approximate surface area is 122 Å². The third kappa shape index (κ3) is 6.75. The van der Waals surface area contributed by atoms with E-state index < -0.39 is 0 Å². The molecule has 0 spiro atoms. The molecule has 1 amide bonds. The van der Waals surface area contributed by atoms with E-state index in [9.17, 15) is 4.79 Å². The molecule has 0 saturated carbocycles. The van der Waals surface area contributed by atoms with Crippen LogP contribution < -0.4 is 11.1 Å². The highest BCUT2D eigenvalue weighted by atomic mass is 16.3. The molecular formula is C16H28N2O2. The molecule has 0 bridgehead atoms. The fourth-order valence-electron chi connectivity index (χ4n) is 2.54. The molecule has 20 heavy (non-hydrogen) atoms. The molecule has 1 rings (SSSR count). The van der Waals surface area contributed by atoms with Crippen LogP contribution in [0.3, 0.4) is 0 Å². The maximum Gasteiger partial charge on any atom is 0.220 e. The van der Waals surface area contributed by atoms with Crippen molar-refractivity contribution in [2.45, 2.75) is 58.4 Å². The van der Waals surface area contributed by atoms with Crippen LogP contribution in [0.25, 0.3) is 0 Å². The number of nitrogens with one attached hydrogen (secondary N) is 1. The Balaban J connectivity index is 2.24. The summed E-state index contributed by atoms with van der Waals surface area (Å²) in [6, 6.07) is 3.90. The van der Waals surface area contributed by atoms with Crippen LogP contribution in [0.15, 0.2) is 22.8 Å². The summed E-state index contributed by atoms with van der Waals surface area (Å²) in [5, 5.41) is 3.03. The number of hydrogen-bond donors (Lipinski definition) is 2. The average Bonchev–Trinajstić information content (AvgIpc) is 2.89. The predicted octanol–water partition coefficient (Wildman–Crippen LogP) is 2.87. The molecule has 0 fully saturated rings. The van der Waals surface area contributed by atoms with E-state index in [1.165, 1.54) is 0 Å². The van der Waals surface area contributed by atoms with E-state index in [1.54, 1.807) is 6.26 Å². The van der Waals surface area contributed by atoms with Crippen molar-refractivity contribution in [2.24, 2.45) is 11.7 Å².